The number of aryl methyl sites for hydroxylation is 1. The molecule has 3 rings (SSSR count). The summed E-state index contributed by atoms with van der Waals surface area (Å²) in [4.78, 5) is 11.9. The minimum absolute atomic E-state index is 0.0217. The highest BCUT2D eigenvalue weighted by Crippen LogP contribution is 2.18. The number of benzene rings is 1. The summed E-state index contributed by atoms with van der Waals surface area (Å²) in [7, 11) is 0. The maximum atomic E-state index is 11.9. The second kappa shape index (κ2) is 7.42. The van der Waals surface area contributed by atoms with Gasteiger partial charge < -0.3 is 14.6 Å². The van der Waals surface area contributed by atoms with Gasteiger partial charge in [0, 0.05) is 31.5 Å². The van der Waals surface area contributed by atoms with E-state index in [2.05, 4.69) is 28.8 Å². The number of carbonyl (C=O) groups is 1. The van der Waals surface area contributed by atoms with Crippen LogP contribution in [0, 0.1) is 6.92 Å². The number of imidazole rings is 1. The summed E-state index contributed by atoms with van der Waals surface area (Å²) in [5.74, 6) is 1.07. The highest BCUT2D eigenvalue weighted by molar-refractivity contribution is 5.77. The molecule has 0 saturated carbocycles. The summed E-state index contributed by atoms with van der Waals surface area (Å²) < 4.78 is 9.43. The fourth-order valence-corrected chi connectivity index (χ4v) is 2.70. The molecule has 0 unspecified atom stereocenters. The van der Waals surface area contributed by atoms with Gasteiger partial charge in [-0.15, -0.1) is 0 Å². The molecule has 132 valence electrons. The Labute approximate surface area is 147 Å². The Kier molecular flexibility index (Phi) is 5.07. The molecule has 0 bridgehead atoms. The van der Waals surface area contributed by atoms with E-state index in [-0.39, 0.29) is 12.5 Å². The number of hydrogen-bond donors (Lipinski definition) is 1. The number of hydrogen-bond acceptors (Lipinski definition) is 3. The minimum atomic E-state index is -0.124. The molecular weight excluding hydrogens is 316 g/mol. The van der Waals surface area contributed by atoms with Gasteiger partial charge >= 0.3 is 0 Å². The van der Waals surface area contributed by atoms with Crippen LogP contribution in [-0.2, 0) is 11.3 Å². The second-order valence-corrected chi connectivity index (χ2v) is 6.44. The third-order valence-corrected chi connectivity index (χ3v) is 4.11. The van der Waals surface area contributed by atoms with Crippen LogP contribution in [0.3, 0.4) is 0 Å². The lowest BCUT2D eigenvalue weighted by molar-refractivity contribution is -0.123. The molecule has 0 radical (unpaired) electrons. The zero-order chi connectivity index (χ0) is 17.8. The first-order valence-corrected chi connectivity index (χ1v) is 8.53. The Balaban J connectivity index is 1.43. The molecule has 0 aliphatic heterocycles. The predicted molar refractivity (Wildman–Crippen MR) is 97.0 cm³/mol. The van der Waals surface area contributed by atoms with Gasteiger partial charge in [0.25, 0.3) is 5.91 Å². The maximum absolute atomic E-state index is 11.9. The number of carbonyl (C=O) groups excluding carboxylic acids is 1. The molecule has 1 aromatic carbocycles. The molecule has 0 aliphatic rings. The molecule has 3 aromatic rings. The van der Waals surface area contributed by atoms with E-state index in [1.54, 1.807) is 0 Å². The lowest BCUT2D eigenvalue weighted by Gasteiger charge is -2.10. The van der Waals surface area contributed by atoms with Gasteiger partial charge in [-0.05, 0) is 30.5 Å². The Hall–Kier alpha value is -2.76. The van der Waals surface area contributed by atoms with Gasteiger partial charge in [-0.2, -0.15) is 5.10 Å². The molecule has 1 amide bonds. The summed E-state index contributed by atoms with van der Waals surface area (Å²) in [6, 6.07) is 9.89. The zero-order valence-electron chi connectivity index (χ0n) is 14.9. The fourth-order valence-electron chi connectivity index (χ4n) is 2.70. The zero-order valence-corrected chi connectivity index (χ0v) is 14.9. The summed E-state index contributed by atoms with van der Waals surface area (Å²) in [5, 5.41) is 7.22. The molecule has 0 fully saturated rings. The third kappa shape index (κ3) is 4.21. The average molecular weight is 340 g/mol. The van der Waals surface area contributed by atoms with Gasteiger partial charge in [0.15, 0.2) is 6.61 Å². The van der Waals surface area contributed by atoms with Crippen molar-refractivity contribution in [2.75, 3.05) is 13.2 Å². The van der Waals surface area contributed by atoms with Crippen molar-refractivity contribution in [1.29, 1.82) is 0 Å². The van der Waals surface area contributed by atoms with Crippen molar-refractivity contribution < 1.29 is 9.53 Å². The molecule has 0 aliphatic carbocycles. The van der Waals surface area contributed by atoms with Gasteiger partial charge in [0.1, 0.15) is 11.4 Å². The molecule has 2 aromatic heterocycles. The number of ether oxygens (including phenoxy) is 1. The van der Waals surface area contributed by atoms with E-state index in [1.807, 2.05) is 54.2 Å². The summed E-state index contributed by atoms with van der Waals surface area (Å²) in [6.07, 6.45) is 3.87. The van der Waals surface area contributed by atoms with Crippen LogP contribution in [0.2, 0.25) is 0 Å². The monoisotopic (exact) mass is 340 g/mol. The van der Waals surface area contributed by atoms with Crippen molar-refractivity contribution >= 4 is 11.6 Å². The van der Waals surface area contributed by atoms with Crippen LogP contribution in [0.1, 0.15) is 31.0 Å². The van der Waals surface area contributed by atoms with Gasteiger partial charge in [-0.25, -0.2) is 4.52 Å². The van der Waals surface area contributed by atoms with Crippen molar-refractivity contribution in [3.8, 4) is 5.75 Å². The molecule has 0 spiro atoms. The standard InChI is InChI=1S/C19H24N4O2/c1-14(2)16-4-6-17(7-5-16)25-13-18(24)20-8-9-22-10-11-23-19(22)12-15(3)21-23/h4-7,10-12,14H,8-9,13H2,1-3H3,(H,20,24). The Morgan fingerprint density at radius 2 is 2.00 bits per heavy atom. The molecule has 1 N–H and O–H groups in total. The van der Waals surface area contributed by atoms with E-state index in [1.165, 1.54) is 5.56 Å². The van der Waals surface area contributed by atoms with E-state index < -0.39 is 0 Å². The Morgan fingerprint density at radius 1 is 1.24 bits per heavy atom. The smallest absolute Gasteiger partial charge is 0.258 e. The third-order valence-electron chi connectivity index (χ3n) is 4.11. The molecule has 6 heteroatoms. The second-order valence-electron chi connectivity index (χ2n) is 6.44. The van der Waals surface area contributed by atoms with Crippen molar-refractivity contribution in [3.05, 3.63) is 54.0 Å². The van der Waals surface area contributed by atoms with Gasteiger partial charge in [0.05, 0.1) is 5.69 Å². The lowest BCUT2D eigenvalue weighted by Crippen LogP contribution is -2.31. The number of fused-ring (bicyclic) bond motifs is 1. The van der Waals surface area contributed by atoms with E-state index >= 15 is 0 Å². The molecule has 0 atom stereocenters. The van der Waals surface area contributed by atoms with Crippen LogP contribution < -0.4 is 10.1 Å². The number of rotatable bonds is 7. The average Bonchev–Trinajstić information content (AvgIpc) is 3.13. The van der Waals surface area contributed by atoms with Crippen LogP contribution in [0.5, 0.6) is 5.75 Å². The van der Waals surface area contributed by atoms with Crippen molar-refractivity contribution in [2.24, 2.45) is 0 Å². The van der Waals surface area contributed by atoms with Crippen LogP contribution in [0.15, 0.2) is 42.7 Å². The summed E-state index contributed by atoms with van der Waals surface area (Å²) in [6.45, 7) is 7.51. The number of nitrogens with one attached hydrogen (secondary N) is 1. The molecule has 6 nitrogen and oxygen atoms in total. The van der Waals surface area contributed by atoms with Crippen molar-refractivity contribution in [1.82, 2.24) is 19.5 Å². The van der Waals surface area contributed by atoms with E-state index in [9.17, 15) is 4.79 Å². The van der Waals surface area contributed by atoms with Crippen LogP contribution in [0.4, 0.5) is 0 Å². The molecule has 2 heterocycles. The highest BCUT2D eigenvalue weighted by atomic mass is 16.5. The molecular formula is C19H24N4O2. The Bertz CT molecular complexity index is 846. The van der Waals surface area contributed by atoms with Crippen LogP contribution >= 0.6 is 0 Å². The maximum Gasteiger partial charge on any atom is 0.258 e. The predicted octanol–water partition coefficient (Wildman–Crippen LogP) is 2.76. The summed E-state index contributed by atoms with van der Waals surface area (Å²) in [5.41, 5.74) is 3.25. The van der Waals surface area contributed by atoms with Crippen molar-refractivity contribution in [3.63, 3.8) is 0 Å². The largest absolute Gasteiger partial charge is 0.484 e. The minimum Gasteiger partial charge on any atom is -0.484 e. The van der Waals surface area contributed by atoms with E-state index in [0.717, 1.165) is 11.3 Å². The van der Waals surface area contributed by atoms with Crippen LogP contribution in [0.25, 0.3) is 5.65 Å². The SMILES string of the molecule is Cc1cc2n(CCNC(=O)COc3ccc(C(C)C)cc3)ccn2n1. The van der Waals surface area contributed by atoms with Gasteiger partial charge in [-0.3, -0.25) is 4.79 Å². The first-order chi connectivity index (χ1) is 12.0. The molecule has 0 saturated heterocycles. The van der Waals surface area contributed by atoms with Crippen molar-refractivity contribution in [2.45, 2.75) is 33.2 Å². The lowest BCUT2D eigenvalue weighted by atomic mass is 10.0. The topological polar surface area (TPSA) is 60.6 Å². The van der Waals surface area contributed by atoms with E-state index in [0.29, 0.717) is 24.8 Å². The quantitative estimate of drug-likeness (QED) is 0.719. The van der Waals surface area contributed by atoms with Crippen LogP contribution in [-0.4, -0.2) is 33.2 Å². The summed E-state index contributed by atoms with van der Waals surface area (Å²) >= 11 is 0. The van der Waals surface area contributed by atoms with Gasteiger partial charge in [-0.1, -0.05) is 26.0 Å². The number of aromatic nitrogens is 3. The first kappa shape index (κ1) is 17.1. The molecule has 25 heavy (non-hydrogen) atoms. The first-order valence-electron chi connectivity index (χ1n) is 8.53. The number of amides is 1. The van der Waals surface area contributed by atoms with Gasteiger partial charge in [0.2, 0.25) is 0 Å². The fraction of sp³-hybridized carbons (Fsp3) is 0.368. The van der Waals surface area contributed by atoms with E-state index in [4.69, 9.17) is 4.74 Å². The number of nitrogens with zero attached hydrogens (tertiary/aromatic N) is 3. The highest BCUT2D eigenvalue weighted by Gasteiger charge is 2.06. The normalized spacial score (nSPS) is 11.2. The Morgan fingerprint density at radius 3 is 2.72 bits per heavy atom.